The lowest BCUT2D eigenvalue weighted by Gasteiger charge is -2.47. The molecule has 0 N–H and O–H groups in total. The monoisotopic (exact) mass is 540 g/mol. The summed E-state index contributed by atoms with van der Waals surface area (Å²) < 4.78 is 32.4. The van der Waals surface area contributed by atoms with Crippen LogP contribution < -0.4 is 0 Å². The molecule has 0 rings (SSSR count). The molecular formula is C21H52O6Si5. The third-order valence-corrected chi connectivity index (χ3v) is 8.71. The van der Waals surface area contributed by atoms with Crippen molar-refractivity contribution < 1.29 is 26.9 Å². The van der Waals surface area contributed by atoms with E-state index in [2.05, 4.69) is 78.6 Å². The van der Waals surface area contributed by atoms with Crippen molar-refractivity contribution in [3.05, 3.63) is 0 Å². The van der Waals surface area contributed by atoms with Crippen molar-refractivity contribution in [2.75, 3.05) is 6.61 Å². The minimum absolute atomic E-state index is 0.348. The van der Waals surface area contributed by atoms with Gasteiger partial charge < -0.3 is 22.1 Å². The van der Waals surface area contributed by atoms with Crippen LogP contribution in [0, 0.1) is 0 Å². The van der Waals surface area contributed by atoms with Crippen LogP contribution in [0.1, 0.15) is 6.92 Å². The predicted molar refractivity (Wildman–Crippen MR) is 148 cm³/mol. The van der Waals surface area contributed by atoms with Gasteiger partial charge in [-0.05, 0) is 105 Å². The molecule has 0 aliphatic carbocycles. The summed E-state index contributed by atoms with van der Waals surface area (Å²) in [6.07, 6.45) is -1.04. The maximum atomic E-state index is 13.7. The molecule has 0 amide bonds. The molecule has 0 saturated heterocycles. The second kappa shape index (κ2) is 11.0. The summed E-state index contributed by atoms with van der Waals surface area (Å²) in [5.74, 6) is -0.348. The van der Waals surface area contributed by atoms with Gasteiger partial charge in [0.05, 0.1) is 12.7 Å². The molecule has 3 atom stereocenters. The van der Waals surface area contributed by atoms with Crippen LogP contribution >= 0.6 is 0 Å². The van der Waals surface area contributed by atoms with E-state index in [1.807, 2.05) is 26.6 Å². The fourth-order valence-corrected chi connectivity index (χ4v) is 8.26. The molecule has 0 aromatic heterocycles. The smallest absolute Gasteiger partial charge is 0.326 e. The summed E-state index contributed by atoms with van der Waals surface area (Å²) in [6, 6.07) is 0. The quantitative estimate of drug-likeness (QED) is 0.257. The predicted octanol–water partition coefficient (Wildman–Crippen LogP) is 6.27. The van der Waals surface area contributed by atoms with Crippen LogP contribution in [0.2, 0.25) is 98.2 Å². The Bertz CT molecular complexity index is 611. The maximum absolute atomic E-state index is 13.7. The Hall–Kier alpha value is 0.394. The standard InChI is InChI=1S/C21H52O6Si5/c1-21(27-32(14,15)16,20(22)26-31(11,12)13)19(25-30(8,9)10)18(24-29(5,6)7)17-23-28(2,3)4/h18-19H,17H2,1-16H3. The molecule has 6 nitrogen and oxygen atoms in total. The maximum Gasteiger partial charge on any atom is 0.326 e. The summed E-state index contributed by atoms with van der Waals surface area (Å²) in [7, 11) is -10.2. The Morgan fingerprint density at radius 1 is 0.656 bits per heavy atom. The van der Waals surface area contributed by atoms with E-state index in [1.165, 1.54) is 0 Å². The van der Waals surface area contributed by atoms with Gasteiger partial charge in [-0.2, -0.15) is 0 Å². The van der Waals surface area contributed by atoms with Gasteiger partial charge in [0.1, 0.15) is 6.10 Å². The SMILES string of the molecule is CC(O[Si](C)(C)C)(C(=O)O[Si](C)(C)C)C(O[Si](C)(C)C)C(CO[Si](C)(C)C)O[Si](C)(C)C. The Labute approximate surface area is 203 Å². The summed E-state index contributed by atoms with van der Waals surface area (Å²) in [6.45, 7) is 33.8. The van der Waals surface area contributed by atoms with E-state index in [9.17, 15) is 4.79 Å². The Balaban J connectivity index is 6.66. The van der Waals surface area contributed by atoms with Gasteiger partial charge in [-0.15, -0.1) is 0 Å². The van der Waals surface area contributed by atoms with E-state index in [-0.39, 0.29) is 5.97 Å². The van der Waals surface area contributed by atoms with Crippen LogP contribution in [0.15, 0.2) is 0 Å². The molecule has 0 radical (unpaired) electrons. The summed E-state index contributed by atoms with van der Waals surface area (Å²) in [5.41, 5.74) is -1.28. The molecule has 3 unspecified atom stereocenters. The van der Waals surface area contributed by atoms with Crippen molar-refractivity contribution in [3.8, 4) is 0 Å². The lowest BCUT2D eigenvalue weighted by molar-refractivity contribution is -0.170. The third kappa shape index (κ3) is 13.9. The van der Waals surface area contributed by atoms with Crippen LogP contribution in [0.3, 0.4) is 0 Å². The molecule has 0 aromatic carbocycles. The average Bonchev–Trinajstić information content (AvgIpc) is 2.42. The van der Waals surface area contributed by atoms with Gasteiger partial charge in [-0.3, -0.25) is 4.79 Å². The minimum atomic E-state index is -2.16. The Kier molecular flexibility index (Phi) is 11.1. The highest BCUT2D eigenvalue weighted by Crippen LogP contribution is 2.33. The van der Waals surface area contributed by atoms with Gasteiger partial charge in [0.15, 0.2) is 38.9 Å². The fourth-order valence-electron chi connectivity index (χ4n) is 3.12. The largest absolute Gasteiger partial charge is 0.518 e. The summed E-state index contributed by atoms with van der Waals surface area (Å²) in [5, 5.41) is 0. The van der Waals surface area contributed by atoms with Crippen molar-refractivity contribution in [3.63, 3.8) is 0 Å². The van der Waals surface area contributed by atoms with Crippen molar-refractivity contribution in [1.82, 2.24) is 0 Å². The average molecular weight is 541 g/mol. The second-order valence-corrected chi connectivity index (χ2v) is 36.0. The first kappa shape index (κ1) is 32.4. The van der Waals surface area contributed by atoms with Crippen molar-refractivity contribution >= 4 is 47.6 Å². The molecule has 192 valence electrons. The second-order valence-electron chi connectivity index (χ2n) is 13.7. The Morgan fingerprint density at radius 2 is 1.09 bits per heavy atom. The van der Waals surface area contributed by atoms with Gasteiger partial charge in [0, 0.05) is 0 Å². The van der Waals surface area contributed by atoms with E-state index in [4.69, 9.17) is 22.1 Å². The fraction of sp³-hybridized carbons (Fsp3) is 0.952. The molecule has 0 saturated carbocycles. The van der Waals surface area contributed by atoms with Crippen molar-refractivity contribution in [1.29, 1.82) is 0 Å². The van der Waals surface area contributed by atoms with E-state index < -0.39 is 59.4 Å². The summed E-state index contributed by atoms with van der Waals surface area (Å²) >= 11 is 0. The third-order valence-electron chi connectivity index (χ3n) is 3.87. The zero-order valence-corrected chi connectivity index (χ0v) is 28.8. The van der Waals surface area contributed by atoms with E-state index >= 15 is 0 Å². The molecule has 0 aromatic rings. The number of carbonyl (C=O) groups is 1. The molecule has 0 aliphatic rings. The van der Waals surface area contributed by atoms with E-state index in [0.717, 1.165) is 0 Å². The van der Waals surface area contributed by atoms with Gasteiger partial charge in [-0.1, -0.05) is 0 Å². The Morgan fingerprint density at radius 3 is 1.41 bits per heavy atom. The number of hydrogen-bond donors (Lipinski definition) is 0. The van der Waals surface area contributed by atoms with E-state index in [1.54, 1.807) is 0 Å². The van der Waals surface area contributed by atoms with Crippen LogP contribution in [-0.4, -0.2) is 72.0 Å². The molecule has 0 heterocycles. The molecule has 32 heavy (non-hydrogen) atoms. The summed E-state index contributed by atoms with van der Waals surface area (Å²) in [4.78, 5) is 13.7. The lowest BCUT2D eigenvalue weighted by atomic mass is 9.95. The first-order valence-electron chi connectivity index (χ1n) is 11.7. The van der Waals surface area contributed by atoms with Gasteiger partial charge in [-0.25, -0.2) is 0 Å². The number of carbonyl (C=O) groups excluding carboxylic acids is 1. The highest BCUT2D eigenvalue weighted by atomic mass is 28.4. The first-order chi connectivity index (χ1) is 13.7. The highest BCUT2D eigenvalue weighted by molar-refractivity contribution is 6.72. The normalized spacial score (nSPS) is 18.1. The van der Waals surface area contributed by atoms with Gasteiger partial charge >= 0.3 is 5.97 Å². The zero-order valence-electron chi connectivity index (χ0n) is 23.8. The number of rotatable bonds is 13. The van der Waals surface area contributed by atoms with Gasteiger partial charge in [0.25, 0.3) is 0 Å². The first-order valence-corrected chi connectivity index (χ1v) is 28.7. The molecule has 0 spiro atoms. The molecule has 0 aliphatic heterocycles. The van der Waals surface area contributed by atoms with Crippen molar-refractivity contribution in [2.45, 2.75) is 123 Å². The topological polar surface area (TPSA) is 63.2 Å². The number of hydrogen-bond acceptors (Lipinski definition) is 6. The molecule has 0 bridgehead atoms. The van der Waals surface area contributed by atoms with Gasteiger partial charge in [0.2, 0.25) is 8.32 Å². The molecular weight excluding hydrogens is 489 g/mol. The minimum Gasteiger partial charge on any atom is -0.518 e. The van der Waals surface area contributed by atoms with Crippen LogP contribution in [0.5, 0.6) is 0 Å². The zero-order chi connectivity index (χ0) is 26.0. The van der Waals surface area contributed by atoms with Crippen molar-refractivity contribution in [2.24, 2.45) is 0 Å². The highest BCUT2D eigenvalue weighted by Gasteiger charge is 2.53. The van der Waals surface area contributed by atoms with E-state index in [0.29, 0.717) is 6.61 Å². The molecule has 11 heteroatoms. The van der Waals surface area contributed by atoms with Crippen LogP contribution in [0.25, 0.3) is 0 Å². The van der Waals surface area contributed by atoms with Crippen LogP contribution in [0.4, 0.5) is 0 Å². The molecule has 0 fully saturated rings. The van der Waals surface area contributed by atoms with Crippen LogP contribution in [-0.2, 0) is 26.9 Å². The lowest BCUT2D eigenvalue weighted by Crippen LogP contribution is -2.65.